The van der Waals surface area contributed by atoms with Crippen LogP contribution in [0.3, 0.4) is 0 Å². The number of halogens is 3. The van der Waals surface area contributed by atoms with E-state index in [1.165, 1.54) is 0 Å². The molecule has 0 aliphatic carbocycles. The number of nitrogens with zero attached hydrogens (tertiary/aromatic N) is 2. The molecular formula is C34H30Cl3N3O4. The minimum Gasteiger partial charge on any atom is -0.392 e. The fraction of sp³-hybridized carbons (Fsp3) is 0.235. The second-order valence-electron chi connectivity index (χ2n) is 10.7. The number of hydrogen-bond donors (Lipinski definition) is 2. The topological polar surface area (TPSA) is 85.6 Å². The molecule has 0 radical (unpaired) electrons. The van der Waals surface area contributed by atoms with Crippen molar-refractivity contribution in [2.24, 2.45) is 0 Å². The van der Waals surface area contributed by atoms with Crippen LogP contribution in [0.1, 0.15) is 41.1 Å². The highest BCUT2D eigenvalue weighted by Gasteiger charge is 2.33. The molecule has 4 aromatic carbocycles. The van der Waals surface area contributed by atoms with Crippen molar-refractivity contribution in [3.05, 3.63) is 126 Å². The van der Waals surface area contributed by atoms with Crippen LogP contribution >= 0.6 is 34.8 Å². The number of ether oxygens (including phenoxy) is 2. The summed E-state index contributed by atoms with van der Waals surface area (Å²) < 4.78 is 13.3. The van der Waals surface area contributed by atoms with E-state index >= 15 is 0 Å². The van der Waals surface area contributed by atoms with E-state index < -0.39 is 16.0 Å². The van der Waals surface area contributed by atoms with Gasteiger partial charge < -0.3 is 24.5 Å². The molecule has 1 aromatic heterocycles. The van der Waals surface area contributed by atoms with Crippen LogP contribution in [0.2, 0.25) is 0 Å². The number of rotatable bonds is 8. The van der Waals surface area contributed by atoms with Crippen LogP contribution < -0.4 is 5.32 Å². The Morgan fingerprint density at radius 3 is 2.41 bits per heavy atom. The highest BCUT2D eigenvalue weighted by Crippen LogP contribution is 2.39. The molecule has 2 heterocycles. The number of aliphatic hydroxyl groups excluding tert-OH is 1. The van der Waals surface area contributed by atoms with E-state index in [1.807, 2.05) is 91.3 Å². The lowest BCUT2D eigenvalue weighted by Gasteiger charge is -2.36. The Balaban J connectivity index is 1.26. The molecule has 3 atom stereocenters. The molecule has 44 heavy (non-hydrogen) atoms. The number of aliphatic hydroxyl groups is 1. The van der Waals surface area contributed by atoms with E-state index in [0.717, 1.165) is 44.4 Å². The summed E-state index contributed by atoms with van der Waals surface area (Å²) in [6.07, 6.45) is 1.53. The van der Waals surface area contributed by atoms with Gasteiger partial charge in [0, 0.05) is 18.5 Å². The molecule has 5 aromatic rings. The Bertz CT molecular complexity index is 1750. The number of carbonyl (C=O) groups excluding carboxylic acids is 1. The van der Waals surface area contributed by atoms with E-state index in [9.17, 15) is 9.90 Å². The SMILES string of the molecule is O=C(NCc1cccc(-c2cccc([C@@H]3O[C@H](Cn4cnc5ccccc54)C[C@H](c4ccc(CO)cc4)O3)c2)c1)C(Cl)(Cl)Cl. The fourth-order valence-corrected chi connectivity index (χ4v) is 5.62. The lowest BCUT2D eigenvalue weighted by Crippen LogP contribution is -2.33. The maximum absolute atomic E-state index is 12.0. The summed E-state index contributed by atoms with van der Waals surface area (Å²) in [5.41, 5.74) is 7.53. The molecule has 1 amide bonds. The van der Waals surface area contributed by atoms with Gasteiger partial charge in [0.25, 0.3) is 9.70 Å². The Morgan fingerprint density at radius 1 is 0.886 bits per heavy atom. The van der Waals surface area contributed by atoms with Crippen molar-refractivity contribution >= 4 is 51.7 Å². The molecule has 10 heteroatoms. The maximum atomic E-state index is 12.0. The quantitative estimate of drug-likeness (QED) is 0.171. The maximum Gasteiger partial charge on any atom is 0.272 e. The van der Waals surface area contributed by atoms with Gasteiger partial charge in [-0.2, -0.15) is 0 Å². The molecule has 1 aliphatic heterocycles. The Kier molecular flexibility index (Phi) is 9.23. The number of carbonyl (C=O) groups is 1. The minimum atomic E-state index is -2.02. The number of amides is 1. The second-order valence-corrected chi connectivity index (χ2v) is 13.0. The molecule has 6 rings (SSSR count). The third-order valence-corrected chi connectivity index (χ3v) is 8.19. The summed E-state index contributed by atoms with van der Waals surface area (Å²) in [5.74, 6) is -0.680. The highest BCUT2D eigenvalue weighted by molar-refractivity contribution is 6.76. The number of para-hydroxylation sites is 2. The highest BCUT2D eigenvalue weighted by atomic mass is 35.6. The average Bonchev–Trinajstić information content (AvgIpc) is 3.45. The van der Waals surface area contributed by atoms with Gasteiger partial charge in [0.2, 0.25) is 0 Å². The number of imidazole rings is 1. The predicted octanol–water partition coefficient (Wildman–Crippen LogP) is 7.43. The van der Waals surface area contributed by atoms with Gasteiger partial charge in [-0.05, 0) is 52.1 Å². The van der Waals surface area contributed by atoms with Crippen molar-refractivity contribution in [1.29, 1.82) is 0 Å². The van der Waals surface area contributed by atoms with Crippen LogP contribution in [-0.4, -0.2) is 30.5 Å². The van der Waals surface area contributed by atoms with Crippen molar-refractivity contribution in [2.45, 2.75) is 48.4 Å². The van der Waals surface area contributed by atoms with Crippen molar-refractivity contribution in [2.75, 3.05) is 0 Å². The van der Waals surface area contributed by atoms with E-state index in [-0.39, 0.29) is 25.4 Å². The van der Waals surface area contributed by atoms with Crippen molar-refractivity contribution in [1.82, 2.24) is 14.9 Å². The van der Waals surface area contributed by atoms with Crippen LogP contribution in [-0.2, 0) is 34.0 Å². The zero-order chi connectivity index (χ0) is 30.7. The van der Waals surface area contributed by atoms with Crippen LogP contribution in [0, 0.1) is 0 Å². The molecule has 226 valence electrons. The zero-order valence-electron chi connectivity index (χ0n) is 23.6. The van der Waals surface area contributed by atoms with E-state index in [1.54, 1.807) is 0 Å². The predicted molar refractivity (Wildman–Crippen MR) is 172 cm³/mol. The first kappa shape index (κ1) is 30.6. The van der Waals surface area contributed by atoms with Gasteiger partial charge in [-0.15, -0.1) is 0 Å². The summed E-state index contributed by atoms with van der Waals surface area (Å²) in [7, 11) is 0. The molecule has 0 saturated carbocycles. The summed E-state index contributed by atoms with van der Waals surface area (Å²) in [5, 5.41) is 12.2. The van der Waals surface area contributed by atoms with Gasteiger partial charge in [-0.3, -0.25) is 4.79 Å². The van der Waals surface area contributed by atoms with Crippen molar-refractivity contribution in [3.63, 3.8) is 0 Å². The van der Waals surface area contributed by atoms with Crippen LogP contribution in [0.25, 0.3) is 22.2 Å². The van der Waals surface area contributed by atoms with Gasteiger partial charge in [0.1, 0.15) is 0 Å². The van der Waals surface area contributed by atoms with Gasteiger partial charge in [0.15, 0.2) is 6.29 Å². The number of benzene rings is 4. The van der Waals surface area contributed by atoms with Gasteiger partial charge in [-0.1, -0.05) is 108 Å². The van der Waals surface area contributed by atoms with Gasteiger partial charge >= 0.3 is 0 Å². The van der Waals surface area contributed by atoms with E-state index in [4.69, 9.17) is 44.3 Å². The number of hydrogen-bond acceptors (Lipinski definition) is 5. The Morgan fingerprint density at radius 2 is 1.64 bits per heavy atom. The molecule has 2 N–H and O–H groups in total. The minimum absolute atomic E-state index is 0.0128. The third-order valence-electron chi connectivity index (χ3n) is 7.67. The Labute approximate surface area is 270 Å². The Hall–Kier alpha value is -3.43. The molecule has 0 spiro atoms. The summed E-state index contributed by atoms with van der Waals surface area (Å²) in [6.45, 7) is 0.824. The smallest absolute Gasteiger partial charge is 0.272 e. The normalized spacial score (nSPS) is 18.8. The van der Waals surface area contributed by atoms with Gasteiger partial charge in [-0.25, -0.2) is 4.98 Å². The third kappa shape index (κ3) is 7.10. The standard InChI is InChI=1S/C34H30Cl3N3O4/c35-34(36,37)33(42)38-18-23-5-3-6-25(15-23)26-7-4-8-27(16-26)32-43-28(19-40-21-39-29-9-1-2-10-30(29)40)17-31(44-32)24-13-11-22(20-41)12-14-24/h1-16,21,28,31-32,41H,17-20H2,(H,38,42)/t28-,31+,32+/m0/s1. The molecule has 0 unspecified atom stereocenters. The van der Waals surface area contributed by atoms with Crippen LogP contribution in [0.4, 0.5) is 0 Å². The number of fused-ring (bicyclic) bond motifs is 1. The second kappa shape index (κ2) is 13.3. The first-order valence-corrected chi connectivity index (χ1v) is 15.3. The molecule has 1 fully saturated rings. The fourth-order valence-electron chi connectivity index (χ4n) is 5.42. The number of nitrogens with one attached hydrogen (secondary N) is 1. The molecule has 7 nitrogen and oxygen atoms in total. The first-order valence-electron chi connectivity index (χ1n) is 14.2. The summed E-state index contributed by atoms with van der Waals surface area (Å²) >= 11 is 17.1. The van der Waals surface area contributed by atoms with Crippen LogP contribution in [0.5, 0.6) is 0 Å². The van der Waals surface area contributed by atoms with Crippen LogP contribution in [0.15, 0.2) is 103 Å². The number of alkyl halides is 3. The van der Waals surface area contributed by atoms with E-state index in [2.05, 4.69) is 27.0 Å². The molecule has 1 aliphatic rings. The summed E-state index contributed by atoms with van der Waals surface area (Å²) in [4.78, 5) is 16.6. The van der Waals surface area contributed by atoms with Crippen molar-refractivity contribution in [3.8, 4) is 11.1 Å². The average molecular weight is 651 g/mol. The molecule has 0 bridgehead atoms. The van der Waals surface area contributed by atoms with Gasteiger partial charge in [0.05, 0.1) is 42.7 Å². The lowest BCUT2D eigenvalue weighted by molar-refractivity contribution is -0.252. The molecule has 1 saturated heterocycles. The lowest BCUT2D eigenvalue weighted by atomic mass is 9.98. The number of aromatic nitrogens is 2. The largest absolute Gasteiger partial charge is 0.392 e. The first-order chi connectivity index (χ1) is 21.3. The summed E-state index contributed by atoms with van der Waals surface area (Å²) in [6, 6.07) is 31.8. The zero-order valence-corrected chi connectivity index (χ0v) is 25.8. The monoisotopic (exact) mass is 649 g/mol. The molecular weight excluding hydrogens is 621 g/mol. The van der Waals surface area contributed by atoms with Crippen molar-refractivity contribution < 1.29 is 19.4 Å². The van der Waals surface area contributed by atoms with E-state index in [0.29, 0.717) is 13.0 Å².